The molecule has 0 aromatic heterocycles. The van der Waals surface area contributed by atoms with Crippen molar-refractivity contribution in [1.82, 2.24) is 0 Å². The minimum absolute atomic E-state index is 0.0371. The fourth-order valence-corrected chi connectivity index (χ4v) is 2.80. The van der Waals surface area contributed by atoms with Crippen LogP contribution >= 0.6 is 11.6 Å². The van der Waals surface area contributed by atoms with Gasteiger partial charge in [0.25, 0.3) is 0 Å². The molecule has 7 heteroatoms. The second-order valence-corrected chi connectivity index (χ2v) is 5.90. The highest BCUT2D eigenvalue weighted by molar-refractivity contribution is 6.31. The summed E-state index contributed by atoms with van der Waals surface area (Å²) in [4.78, 5) is 4.31. The SMILES string of the molecule is CC.N/C(CO)=C1/CCC(C(F)(F)F)CC1=NCc1ccccc1Cl. The fraction of sp³-hybridized carbons (Fsp3) is 0.500. The van der Waals surface area contributed by atoms with Crippen molar-refractivity contribution in [3.8, 4) is 0 Å². The Balaban J connectivity index is 0.00000151. The number of alkyl halides is 3. The van der Waals surface area contributed by atoms with Crippen molar-refractivity contribution >= 4 is 17.3 Å². The Bertz CT molecular complexity index is 627. The Morgan fingerprint density at radius 1 is 1.32 bits per heavy atom. The minimum atomic E-state index is -4.26. The van der Waals surface area contributed by atoms with Gasteiger partial charge in [-0.25, -0.2) is 0 Å². The summed E-state index contributed by atoms with van der Waals surface area (Å²) in [5, 5.41) is 9.69. The first-order valence-corrected chi connectivity index (χ1v) is 8.63. The molecule has 0 bridgehead atoms. The second-order valence-electron chi connectivity index (χ2n) is 5.50. The molecule has 1 saturated carbocycles. The molecule has 1 aliphatic carbocycles. The van der Waals surface area contributed by atoms with Crippen LogP contribution in [-0.4, -0.2) is 23.6 Å². The number of hydrogen-bond acceptors (Lipinski definition) is 3. The van der Waals surface area contributed by atoms with Gasteiger partial charge in [-0.1, -0.05) is 43.6 Å². The number of aliphatic imine (C=N–C) groups is 1. The van der Waals surface area contributed by atoms with E-state index in [0.29, 0.717) is 16.3 Å². The zero-order valence-corrected chi connectivity index (χ0v) is 15.2. The lowest BCUT2D eigenvalue weighted by atomic mass is 9.83. The quantitative estimate of drug-likeness (QED) is 0.790. The van der Waals surface area contributed by atoms with Gasteiger partial charge in [0.05, 0.1) is 19.1 Å². The Labute approximate surface area is 151 Å². The molecule has 25 heavy (non-hydrogen) atoms. The lowest BCUT2D eigenvalue weighted by molar-refractivity contribution is -0.174. The number of nitrogens with zero attached hydrogens (tertiary/aromatic N) is 1. The van der Waals surface area contributed by atoms with E-state index >= 15 is 0 Å². The molecule has 1 aliphatic rings. The van der Waals surface area contributed by atoms with Gasteiger partial charge >= 0.3 is 6.18 Å². The molecule has 140 valence electrons. The summed E-state index contributed by atoms with van der Waals surface area (Å²) in [6.45, 7) is 3.79. The largest absolute Gasteiger partial charge is 0.400 e. The molecule has 3 nitrogen and oxygen atoms in total. The third kappa shape index (κ3) is 6.04. The molecule has 0 amide bonds. The van der Waals surface area contributed by atoms with E-state index in [9.17, 15) is 18.3 Å². The van der Waals surface area contributed by atoms with Crippen LogP contribution in [0.5, 0.6) is 0 Å². The van der Waals surface area contributed by atoms with Crippen molar-refractivity contribution in [2.24, 2.45) is 16.6 Å². The first kappa shape index (κ1) is 21.5. The summed E-state index contributed by atoms with van der Waals surface area (Å²) in [5.41, 5.74) is 7.49. The van der Waals surface area contributed by atoms with E-state index in [1.807, 2.05) is 13.8 Å². The lowest BCUT2D eigenvalue weighted by Crippen LogP contribution is -2.31. The number of hydrogen-bond donors (Lipinski definition) is 2. The average Bonchev–Trinajstić information content (AvgIpc) is 2.61. The number of allylic oxidation sites excluding steroid dienone is 1. The summed E-state index contributed by atoms with van der Waals surface area (Å²) in [6.07, 6.45) is -4.35. The van der Waals surface area contributed by atoms with Crippen LogP contribution in [0.2, 0.25) is 5.02 Å². The number of aliphatic hydroxyl groups excluding tert-OH is 1. The van der Waals surface area contributed by atoms with E-state index in [1.165, 1.54) is 0 Å². The summed E-state index contributed by atoms with van der Waals surface area (Å²) >= 11 is 6.04. The standard InChI is InChI=1S/C16H18ClF3N2O.C2H6/c17-13-4-2-1-3-10(13)8-22-15-7-11(16(18,19)20)5-6-12(15)14(21)9-23;1-2/h1-4,11,23H,5-9,21H2;1-2H3/b14-12-,22-15?;. The van der Waals surface area contributed by atoms with Crippen LogP contribution in [0.25, 0.3) is 0 Å². The van der Waals surface area contributed by atoms with Crippen molar-refractivity contribution < 1.29 is 18.3 Å². The average molecular weight is 377 g/mol. The Hall–Kier alpha value is -1.53. The fourth-order valence-electron chi connectivity index (χ4n) is 2.61. The molecule has 0 spiro atoms. The van der Waals surface area contributed by atoms with Gasteiger partial charge in [-0.15, -0.1) is 0 Å². The second kappa shape index (κ2) is 9.82. The summed E-state index contributed by atoms with van der Waals surface area (Å²) in [7, 11) is 0. The molecular formula is C18H24ClF3N2O. The van der Waals surface area contributed by atoms with E-state index in [1.54, 1.807) is 24.3 Å². The van der Waals surface area contributed by atoms with Gasteiger partial charge in [0.15, 0.2) is 0 Å². The molecule has 1 aromatic carbocycles. The first-order valence-electron chi connectivity index (χ1n) is 8.25. The summed E-state index contributed by atoms with van der Waals surface area (Å²) < 4.78 is 38.9. The van der Waals surface area contributed by atoms with Crippen molar-refractivity contribution in [3.63, 3.8) is 0 Å². The van der Waals surface area contributed by atoms with E-state index in [0.717, 1.165) is 5.56 Å². The van der Waals surface area contributed by atoms with Crippen LogP contribution < -0.4 is 5.73 Å². The number of aliphatic hydroxyl groups is 1. The van der Waals surface area contributed by atoms with Gasteiger partial charge in [0, 0.05) is 22.9 Å². The molecule has 0 heterocycles. The van der Waals surface area contributed by atoms with Crippen LogP contribution in [0.1, 0.15) is 38.7 Å². The number of halogens is 4. The maximum absolute atomic E-state index is 13.0. The first-order chi connectivity index (χ1) is 11.8. The van der Waals surface area contributed by atoms with Crippen LogP contribution in [0.15, 0.2) is 40.5 Å². The highest BCUT2D eigenvalue weighted by atomic mass is 35.5. The molecular weight excluding hydrogens is 353 g/mol. The highest BCUT2D eigenvalue weighted by Gasteiger charge is 2.42. The van der Waals surface area contributed by atoms with Gasteiger partial charge in [-0.05, 0) is 30.0 Å². The zero-order valence-electron chi connectivity index (χ0n) is 14.4. The van der Waals surface area contributed by atoms with Crippen LogP contribution in [0.4, 0.5) is 13.2 Å². The molecule has 1 fully saturated rings. The molecule has 1 atom stereocenters. The van der Waals surface area contributed by atoms with Gasteiger partial charge in [0.1, 0.15) is 0 Å². The third-order valence-electron chi connectivity index (χ3n) is 3.95. The van der Waals surface area contributed by atoms with Crippen molar-refractivity contribution in [3.05, 3.63) is 46.1 Å². The summed E-state index contributed by atoms with van der Waals surface area (Å²) in [5.74, 6) is -1.43. The van der Waals surface area contributed by atoms with Gasteiger partial charge < -0.3 is 10.8 Å². The molecule has 0 radical (unpaired) electrons. The molecule has 1 unspecified atom stereocenters. The topological polar surface area (TPSA) is 58.6 Å². The van der Waals surface area contributed by atoms with Crippen molar-refractivity contribution in [1.29, 1.82) is 0 Å². The molecule has 1 aromatic rings. The van der Waals surface area contributed by atoms with Gasteiger partial charge in [0.2, 0.25) is 0 Å². The molecule has 2 rings (SSSR count). The van der Waals surface area contributed by atoms with Crippen molar-refractivity contribution in [2.45, 2.75) is 45.8 Å². The highest BCUT2D eigenvalue weighted by Crippen LogP contribution is 2.38. The molecule has 0 aliphatic heterocycles. The predicted octanol–water partition coefficient (Wildman–Crippen LogP) is 4.87. The molecule has 0 saturated heterocycles. The smallest absolute Gasteiger partial charge is 0.392 e. The van der Waals surface area contributed by atoms with E-state index < -0.39 is 18.7 Å². The summed E-state index contributed by atoms with van der Waals surface area (Å²) in [6, 6.07) is 7.04. The van der Waals surface area contributed by atoms with Crippen molar-refractivity contribution in [2.75, 3.05) is 6.61 Å². The number of benzene rings is 1. The van der Waals surface area contributed by atoms with E-state index in [-0.39, 0.29) is 31.5 Å². The Morgan fingerprint density at radius 2 is 1.96 bits per heavy atom. The van der Waals surface area contributed by atoms with E-state index in [2.05, 4.69) is 4.99 Å². The predicted molar refractivity (Wildman–Crippen MR) is 95.6 cm³/mol. The minimum Gasteiger partial charge on any atom is -0.400 e. The Morgan fingerprint density at radius 3 is 2.52 bits per heavy atom. The maximum atomic E-state index is 13.0. The van der Waals surface area contributed by atoms with Crippen LogP contribution in [-0.2, 0) is 6.54 Å². The molecule has 3 N–H and O–H groups in total. The maximum Gasteiger partial charge on any atom is 0.392 e. The Kier molecular flexibility index (Phi) is 8.45. The number of nitrogens with two attached hydrogens (primary N) is 1. The normalized spacial score (nSPS) is 21.6. The van der Waals surface area contributed by atoms with Crippen LogP contribution in [0, 0.1) is 5.92 Å². The van der Waals surface area contributed by atoms with Gasteiger partial charge in [-0.3, -0.25) is 4.99 Å². The van der Waals surface area contributed by atoms with E-state index in [4.69, 9.17) is 17.3 Å². The zero-order chi connectivity index (χ0) is 19.0. The monoisotopic (exact) mass is 376 g/mol. The lowest BCUT2D eigenvalue weighted by Gasteiger charge is -2.28. The van der Waals surface area contributed by atoms with Gasteiger partial charge in [-0.2, -0.15) is 13.2 Å². The number of rotatable bonds is 3. The third-order valence-corrected chi connectivity index (χ3v) is 4.32. The van der Waals surface area contributed by atoms with Crippen LogP contribution in [0.3, 0.4) is 0 Å².